The van der Waals surface area contributed by atoms with Crippen LogP contribution in [0.25, 0.3) is 11.5 Å². The first-order chi connectivity index (χ1) is 13.7. The molecule has 8 heteroatoms. The first-order valence-electron chi connectivity index (χ1n) is 8.27. The average Bonchev–Trinajstić information content (AvgIpc) is 3.18. The van der Waals surface area contributed by atoms with E-state index in [0.29, 0.717) is 26.9 Å². The lowest BCUT2D eigenvalue weighted by Gasteiger charge is -2.05. The van der Waals surface area contributed by atoms with Gasteiger partial charge in [0.05, 0.1) is 5.56 Å². The van der Waals surface area contributed by atoms with Crippen molar-refractivity contribution in [1.82, 2.24) is 15.2 Å². The third-order valence-electron chi connectivity index (χ3n) is 3.69. The number of aromatic nitrogens is 3. The molecule has 2 aromatic carbocycles. The minimum atomic E-state index is 0.443. The van der Waals surface area contributed by atoms with Gasteiger partial charge in [-0.05, 0) is 54.1 Å². The smallest absolute Gasteiger partial charge is 0.277 e. The van der Waals surface area contributed by atoms with Gasteiger partial charge >= 0.3 is 0 Å². The van der Waals surface area contributed by atoms with Crippen LogP contribution in [0.5, 0.6) is 0 Å². The quantitative estimate of drug-likeness (QED) is 0.301. The zero-order valence-corrected chi connectivity index (χ0v) is 17.5. The number of nitrogens with zero attached hydrogens (tertiary/aromatic N) is 3. The molecule has 2 aromatic heterocycles. The lowest BCUT2D eigenvalue weighted by atomic mass is 10.2. The van der Waals surface area contributed by atoms with Crippen molar-refractivity contribution in [2.24, 2.45) is 0 Å². The highest BCUT2D eigenvalue weighted by Crippen LogP contribution is 2.35. The van der Waals surface area contributed by atoms with Gasteiger partial charge in [-0.15, -0.1) is 10.2 Å². The third kappa shape index (κ3) is 4.89. The molecule has 0 atom stereocenters. The standard InChI is InChI=1S/C20H13Cl2N3OS2/c21-14-6-8-16(9-7-14)28-19-17(5-2-10-23-19)18-24-25-20(26-18)27-12-13-3-1-4-15(22)11-13/h1-11H,12H2. The molecular weight excluding hydrogens is 433 g/mol. The molecule has 0 radical (unpaired) electrons. The summed E-state index contributed by atoms with van der Waals surface area (Å²) in [5.41, 5.74) is 1.89. The summed E-state index contributed by atoms with van der Waals surface area (Å²) in [6.45, 7) is 0. The lowest BCUT2D eigenvalue weighted by molar-refractivity contribution is 0.464. The van der Waals surface area contributed by atoms with E-state index in [1.165, 1.54) is 23.5 Å². The van der Waals surface area contributed by atoms with Gasteiger partial charge in [-0.25, -0.2) is 4.98 Å². The van der Waals surface area contributed by atoms with Gasteiger partial charge in [0.1, 0.15) is 5.03 Å². The van der Waals surface area contributed by atoms with Crippen molar-refractivity contribution in [3.8, 4) is 11.5 Å². The molecule has 0 unspecified atom stereocenters. The molecular formula is C20H13Cl2N3OS2. The summed E-state index contributed by atoms with van der Waals surface area (Å²) in [7, 11) is 0. The summed E-state index contributed by atoms with van der Waals surface area (Å²) in [6.07, 6.45) is 1.74. The normalized spacial score (nSPS) is 10.9. The lowest BCUT2D eigenvalue weighted by Crippen LogP contribution is -1.86. The van der Waals surface area contributed by atoms with Gasteiger partial charge < -0.3 is 4.42 Å². The van der Waals surface area contributed by atoms with Crippen LogP contribution in [0.4, 0.5) is 0 Å². The maximum absolute atomic E-state index is 6.03. The number of hydrogen-bond donors (Lipinski definition) is 0. The number of rotatable bonds is 6. The second-order valence-corrected chi connectivity index (χ2v) is 8.57. The van der Waals surface area contributed by atoms with Crippen LogP contribution in [0.15, 0.2) is 86.4 Å². The second kappa shape index (κ2) is 9.01. The molecule has 0 fully saturated rings. The van der Waals surface area contributed by atoms with E-state index in [4.69, 9.17) is 27.6 Å². The Bertz CT molecular complexity index is 1090. The van der Waals surface area contributed by atoms with Gasteiger partial charge in [-0.1, -0.05) is 58.9 Å². The van der Waals surface area contributed by atoms with E-state index in [9.17, 15) is 0 Å². The molecule has 0 aliphatic heterocycles. The summed E-state index contributed by atoms with van der Waals surface area (Å²) < 4.78 is 5.85. The van der Waals surface area contributed by atoms with Crippen molar-refractivity contribution in [3.63, 3.8) is 0 Å². The molecule has 0 saturated heterocycles. The van der Waals surface area contributed by atoms with E-state index in [1.807, 2.05) is 60.7 Å². The van der Waals surface area contributed by atoms with Crippen molar-refractivity contribution in [1.29, 1.82) is 0 Å². The average molecular weight is 446 g/mol. The highest BCUT2D eigenvalue weighted by molar-refractivity contribution is 7.99. The zero-order valence-electron chi connectivity index (χ0n) is 14.4. The maximum atomic E-state index is 6.03. The number of thioether (sulfide) groups is 1. The molecule has 28 heavy (non-hydrogen) atoms. The highest BCUT2D eigenvalue weighted by Gasteiger charge is 2.15. The van der Waals surface area contributed by atoms with Crippen LogP contribution in [0, 0.1) is 0 Å². The number of halogens is 2. The number of benzene rings is 2. The van der Waals surface area contributed by atoms with E-state index in [0.717, 1.165) is 21.0 Å². The third-order valence-corrected chi connectivity index (χ3v) is 6.09. The Morgan fingerprint density at radius 1 is 0.893 bits per heavy atom. The molecule has 0 amide bonds. The van der Waals surface area contributed by atoms with Gasteiger partial charge in [0.25, 0.3) is 11.1 Å². The monoisotopic (exact) mass is 445 g/mol. The summed E-state index contributed by atoms with van der Waals surface area (Å²) in [4.78, 5) is 5.49. The summed E-state index contributed by atoms with van der Waals surface area (Å²) >= 11 is 15.0. The Labute approximate surface area is 180 Å². The Hall–Kier alpha value is -1.99. The van der Waals surface area contributed by atoms with Crippen LogP contribution in [0.1, 0.15) is 5.56 Å². The van der Waals surface area contributed by atoms with Gasteiger partial charge in [-0.2, -0.15) is 0 Å². The topological polar surface area (TPSA) is 51.8 Å². The molecule has 4 rings (SSSR count). The molecule has 0 bridgehead atoms. The molecule has 4 nitrogen and oxygen atoms in total. The van der Waals surface area contributed by atoms with Crippen LogP contribution >= 0.6 is 46.7 Å². The Kier molecular flexibility index (Phi) is 6.22. The highest BCUT2D eigenvalue weighted by atomic mass is 35.5. The Morgan fingerprint density at radius 2 is 1.75 bits per heavy atom. The van der Waals surface area contributed by atoms with Crippen molar-refractivity contribution in [2.75, 3.05) is 0 Å². The number of pyridine rings is 1. The minimum absolute atomic E-state index is 0.443. The van der Waals surface area contributed by atoms with E-state index >= 15 is 0 Å². The first-order valence-corrected chi connectivity index (χ1v) is 10.8. The van der Waals surface area contributed by atoms with Gasteiger partial charge in [0.15, 0.2) is 0 Å². The van der Waals surface area contributed by atoms with Gasteiger partial charge in [-0.3, -0.25) is 0 Å². The number of hydrogen-bond acceptors (Lipinski definition) is 6. The van der Waals surface area contributed by atoms with Crippen molar-refractivity contribution in [2.45, 2.75) is 20.9 Å². The van der Waals surface area contributed by atoms with Crippen LogP contribution in [0.2, 0.25) is 10.0 Å². The van der Waals surface area contributed by atoms with E-state index in [-0.39, 0.29) is 0 Å². The van der Waals surface area contributed by atoms with Gasteiger partial charge in [0.2, 0.25) is 0 Å². The molecule has 140 valence electrons. The molecule has 4 aromatic rings. The predicted molar refractivity (Wildman–Crippen MR) is 114 cm³/mol. The van der Waals surface area contributed by atoms with E-state index < -0.39 is 0 Å². The Morgan fingerprint density at radius 3 is 2.57 bits per heavy atom. The van der Waals surface area contributed by atoms with Crippen LogP contribution in [-0.4, -0.2) is 15.2 Å². The minimum Gasteiger partial charge on any atom is -0.411 e. The SMILES string of the molecule is Clc1ccc(Sc2ncccc2-c2nnc(SCc3cccc(Cl)c3)o2)cc1. The van der Waals surface area contributed by atoms with Crippen molar-refractivity contribution < 1.29 is 4.42 Å². The predicted octanol–water partition coefficient (Wildman–Crippen LogP) is 6.88. The molecule has 0 N–H and O–H groups in total. The van der Waals surface area contributed by atoms with Crippen molar-refractivity contribution in [3.05, 3.63) is 82.5 Å². The largest absolute Gasteiger partial charge is 0.411 e. The fourth-order valence-corrected chi connectivity index (χ4v) is 4.32. The van der Waals surface area contributed by atoms with Gasteiger partial charge in [0, 0.05) is 26.9 Å². The summed E-state index contributed by atoms with van der Waals surface area (Å²) in [5.74, 6) is 1.14. The molecule has 0 aliphatic carbocycles. The van der Waals surface area contributed by atoms with Crippen LogP contribution < -0.4 is 0 Å². The fraction of sp³-hybridized carbons (Fsp3) is 0.0500. The summed E-state index contributed by atoms with van der Waals surface area (Å²) in [5, 5.41) is 11.0. The molecule has 0 spiro atoms. The molecule has 0 saturated carbocycles. The Balaban J connectivity index is 1.51. The van der Waals surface area contributed by atoms with E-state index in [1.54, 1.807) is 6.20 Å². The second-order valence-electron chi connectivity index (χ2n) is 5.70. The summed E-state index contributed by atoms with van der Waals surface area (Å²) in [6, 6.07) is 19.1. The fourth-order valence-electron chi connectivity index (χ4n) is 2.40. The molecule has 0 aliphatic rings. The zero-order chi connectivity index (χ0) is 19.3. The van der Waals surface area contributed by atoms with E-state index in [2.05, 4.69) is 15.2 Å². The maximum Gasteiger partial charge on any atom is 0.277 e. The molecule has 2 heterocycles. The first kappa shape index (κ1) is 19.3. The van der Waals surface area contributed by atoms with Crippen LogP contribution in [0.3, 0.4) is 0 Å². The van der Waals surface area contributed by atoms with Crippen LogP contribution in [-0.2, 0) is 5.75 Å². The van der Waals surface area contributed by atoms with Crippen molar-refractivity contribution >= 4 is 46.7 Å².